The summed E-state index contributed by atoms with van der Waals surface area (Å²) in [6.07, 6.45) is 1.41. The summed E-state index contributed by atoms with van der Waals surface area (Å²) in [6, 6.07) is 13.4. The van der Waals surface area contributed by atoms with Gasteiger partial charge in [-0.25, -0.2) is 0 Å². The van der Waals surface area contributed by atoms with Crippen molar-refractivity contribution in [1.82, 2.24) is 0 Å². The predicted molar refractivity (Wildman–Crippen MR) is 101 cm³/mol. The molecule has 0 unspecified atom stereocenters. The van der Waals surface area contributed by atoms with E-state index < -0.39 is 5.91 Å². The molecule has 0 aliphatic rings. The van der Waals surface area contributed by atoms with E-state index >= 15 is 0 Å². The number of aryl methyl sites for hydroxylation is 2. The molecule has 0 bridgehead atoms. The van der Waals surface area contributed by atoms with Gasteiger partial charge in [-0.05, 0) is 71.6 Å². The molecule has 2 aromatic carbocycles. The van der Waals surface area contributed by atoms with Crippen molar-refractivity contribution in [2.24, 2.45) is 0 Å². The molecule has 0 aliphatic carbocycles. The van der Waals surface area contributed by atoms with E-state index in [1.807, 2.05) is 63.2 Å². The van der Waals surface area contributed by atoms with Crippen molar-refractivity contribution < 1.29 is 4.79 Å². The highest BCUT2D eigenvalue weighted by molar-refractivity contribution is 9.10. The van der Waals surface area contributed by atoms with Crippen LogP contribution in [0.1, 0.15) is 16.7 Å². The lowest BCUT2D eigenvalue weighted by molar-refractivity contribution is -0.112. The third-order valence-electron chi connectivity index (χ3n) is 3.71. The van der Waals surface area contributed by atoms with Crippen LogP contribution in [-0.4, -0.2) is 5.91 Å². The molecule has 0 spiro atoms. The van der Waals surface area contributed by atoms with Gasteiger partial charge in [0.1, 0.15) is 11.6 Å². The minimum absolute atomic E-state index is 0.00313. The third-order valence-corrected chi connectivity index (χ3v) is 4.37. The molecule has 2 N–H and O–H groups in total. The molecule has 2 aromatic rings. The van der Waals surface area contributed by atoms with Crippen molar-refractivity contribution in [2.75, 3.05) is 10.6 Å². The second kappa shape index (κ2) is 7.80. The number of carbonyl (C=O) groups excluding carboxylic acids is 1. The summed E-state index contributed by atoms with van der Waals surface area (Å²) in [5.41, 5.74) is 4.67. The molecule has 0 radical (unpaired) electrons. The van der Waals surface area contributed by atoms with Crippen LogP contribution in [0.5, 0.6) is 0 Å². The van der Waals surface area contributed by atoms with E-state index in [1.54, 1.807) is 0 Å². The van der Waals surface area contributed by atoms with E-state index in [0.717, 1.165) is 26.9 Å². The summed E-state index contributed by atoms with van der Waals surface area (Å²) in [4.78, 5) is 12.3. The first-order chi connectivity index (χ1) is 11.4. The maximum atomic E-state index is 12.3. The SMILES string of the molecule is Cc1ccc(N/C=C(/C#N)C(=O)Nc2cccc(C)c2C)c(Br)c1. The van der Waals surface area contributed by atoms with Gasteiger partial charge in [-0.3, -0.25) is 4.79 Å². The first-order valence-corrected chi connectivity index (χ1v) is 8.22. The number of benzene rings is 2. The van der Waals surface area contributed by atoms with E-state index in [-0.39, 0.29) is 5.57 Å². The highest BCUT2D eigenvalue weighted by atomic mass is 79.9. The van der Waals surface area contributed by atoms with Crippen LogP contribution in [0.25, 0.3) is 0 Å². The zero-order valence-corrected chi connectivity index (χ0v) is 15.4. The van der Waals surface area contributed by atoms with Crippen LogP contribution < -0.4 is 10.6 Å². The first kappa shape index (κ1) is 17.8. The molecule has 2 rings (SSSR count). The summed E-state index contributed by atoms with van der Waals surface area (Å²) in [5.74, 6) is -0.443. The average Bonchev–Trinajstić information content (AvgIpc) is 2.54. The molecular formula is C19H18BrN3O. The van der Waals surface area contributed by atoms with Crippen molar-refractivity contribution in [3.63, 3.8) is 0 Å². The fourth-order valence-electron chi connectivity index (χ4n) is 2.11. The maximum absolute atomic E-state index is 12.3. The standard InChI is InChI=1S/C19H18BrN3O/c1-12-7-8-18(16(20)9-12)22-11-15(10-21)19(24)23-17-6-4-5-13(2)14(17)3/h4-9,11,22H,1-3H3,(H,23,24)/b15-11-. The quantitative estimate of drug-likeness (QED) is 0.586. The normalized spacial score (nSPS) is 10.9. The van der Waals surface area contributed by atoms with Gasteiger partial charge in [0, 0.05) is 16.4 Å². The molecule has 0 atom stereocenters. The molecule has 0 fully saturated rings. The Labute approximate surface area is 150 Å². The Kier molecular flexibility index (Phi) is 5.78. The molecule has 0 saturated carbocycles. The third kappa shape index (κ3) is 4.24. The van der Waals surface area contributed by atoms with E-state index in [4.69, 9.17) is 0 Å². The minimum atomic E-state index is -0.443. The smallest absolute Gasteiger partial charge is 0.267 e. The fourth-order valence-corrected chi connectivity index (χ4v) is 2.72. The lowest BCUT2D eigenvalue weighted by atomic mass is 10.1. The Balaban J connectivity index is 2.17. The second-order valence-corrected chi connectivity index (χ2v) is 6.35. The molecule has 0 aliphatic heterocycles. The van der Waals surface area contributed by atoms with Gasteiger partial charge in [-0.1, -0.05) is 18.2 Å². The largest absolute Gasteiger partial charge is 0.359 e. The lowest BCUT2D eigenvalue weighted by Crippen LogP contribution is -2.15. The molecule has 0 heterocycles. The van der Waals surface area contributed by atoms with Crippen LogP contribution in [0, 0.1) is 32.1 Å². The number of nitrogens with one attached hydrogen (secondary N) is 2. The molecule has 0 aromatic heterocycles. The zero-order valence-electron chi connectivity index (χ0n) is 13.8. The molecule has 122 valence electrons. The van der Waals surface area contributed by atoms with Gasteiger partial charge in [0.25, 0.3) is 5.91 Å². The number of rotatable bonds is 4. The van der Waals surface area contributed by atoms with Crippen LogP contribution in [0.2, 0.25) is 0 Å². The van der Waals surface area contributed by atoms with E-state index in [0.29, 0.717) is 5.69 Å². The van der Waals surface area contributed by atoms with Crippen molar-refractivity contribution in [3.8, 4) is 6.07 Å². The van der Waals surface area contributed by atoms with Crippen LogP contribution in [0.3, 0.4) is 0 Å². The van der Waals surface area contributed by atoms with Gasteiger partial charge in [0.2, 0.25) is 0 Å². The number of hydrogen-bond acceptors (Lipinski definition) is 3. The average molecular weight is 384 g/mol. The minimum Gasteiger partial charge on any atom is -0.359 e. The molecule has 0 saturated heterocycles. The highest BCUT2D eigenvalue weighted by Crippen LogP contribution is 2.24. The van der Waals surface area contributed by atoms with Crippen molar-refractivity contribution in [3.05, 3.63) is 69.3 Å². The highest BCUT2D eigenvalue weighted by Gasteiger charge is 2.11. The Morgan fingerprint density at radius 3 is 2.58 bits per heavy atom. The van der Waals surface area contributed by atoms with Gasteiger partial charge in [-0.2, -0.15) is 5.26 Å². The van der Waals surface area contributed by atoms with E-state index in [9.17, 15) is 10.1 Å². The number of halogens is 1. The maximum Gasteiger partial charge on any atom is 0.267 e. The Morgan fingerprint density at radius 1 is 1.17 bits per heavy atom. The lowest BCUT2D eigenvalue weighted by Gasteiger charge is -2.10. The Hall–Kier alpha value is -2.58. The van der Waals surface area contributed by atoms with Gasteiger partial charge in [-0.15, -0.1) is 0 Å². The fraction of sp³-hybridized carbons (Fsp3) is 0.158. The van der Waals surface area contributed by atoms with Crippen LogP contribution >= 0.6 is 15.9 Å². The molecule has 1 amide bonds. The summed E-state index contributed by atoms with van der Waals surface area (Å²) < 4.78 is 0.867. The van der Waals surface area contributed by atoms with E-state index in [1.165, 1.54) is 6.20 Å². The first-order valence-electron chi connectivity index (χ1n) is 7.43. The van der Waals surface area contributed by atoms with E-state index in [2.05, 4.69) is 26.6 Å². The van der Waals surface area contributed by atoms with Crippen molar-refractivity contribution in [2.45, 2.75) is 20.8 Å². The van der Waals surface area contributed by atoms with Crippen LogP contribution in [0.15, 0.2) is 52.6 Å². The predicted octanol–water partition coefficient (Wildman–Crippen LogP) is 4.83. The summed E-state index contributed by atoms with van der Waals surface area (Å²) in [6.45, 7) is 5.90. The Morgan fingerprint density at radius 2 is 1.92 bits per heavy atom. The second-order valence-electron chi connectivity index (χ2n) is 5.50. The van der Waals surface area contributed by atoms with Crippen molar-refractivity contribution in [1.29, 1.82) is 5.26 Å². The number of nitrogens with zero attached hydrogens (tertiary/aromatic N) is 1. The summed E-state index contributed by atoms with van der Waals surface area (Å²) in [7, 11) is 0. The number of amides is 1. The van der Waals surface area contributed by atoms with Gasteiger partial charge < -0.3 is 10.6 Å². The molecular weight excluding hydrogens is 366 g/mol. The summed E-state index contributed by atoms with van der Waals surface area (Å²) in [5, 5.41) is 15.0. The Bertz CT molecular complexity index is 850. The number of carbonyl (C=O) groups is 1. The van der Waals surface area contributed by atoms with Gasteiger partial charge in [0.05, 0.1) is 5.69 Å². The zero-order chi connectivity index (χ0) is 17.7. The molecule has 24 heavy (non-hydrogen) atoms. The van der Waals surface area contributed by atoms with Crippen molar-refractivity contribution >= 4 is 33.2 Å². The number of nitriles is 1. The molecule has 5 heteroatoms. The number of hydrogen-bond donors (Lipinski definition) is 2. The number of anilines is 2. The molecule has 4 nitrogen and oxygen atoms in total. The van der Waals surface area contributed by atoms with Gasteiger partial charge >= 0.3 is 0 Å². The van der Waals surface area contributed by atoms with Crippen LogP contribution in [0.4, 0.5) is 11.4 Å². The summed E-state index contributed by atoms with van der Waals surface area (Å²) >= 11 is 3.45. The van der Waals surface area contributed by atoms with Crippen LogP contribution in [-0.2, 0) is 4.79 Å². The topological polar surface area (TPSA) is 64.9 Å². The monoisotopic (exact) mass is 383 g/mol. The van der Waals surface area contributed by atoms with Gasteiger partial charge in [0.15, 0.2) is 0 Å².